The minimum Gasteiger partial charge on any atom is -0.451 e. The fourth-order valence-corrected chi connectivity index (χ4v) is 6.14. The number of benzene rings is 1. The van der Waals surface area contributed by atoms with Crippen LogP contribution in [-0.2, 0) is 10.0 Å². The van der Waals surface area contributed by atoms with Crippen molar-refractivity contribution in [2.75, 3.05) is 13.1 Å². The Morgan fingerprint density at radius 3 is 2.55 bits per heavy atom. The number of aryl methyl sites for hydroxylation is 1. The lowest BCUT2D eigenvalue weighted by atomic mass is 9.86. The van der Waals surface area contributed by atoms with Gasteiger partial charge in [-0.25, -0.2) is 8.42 Å². The van der Waals surface area contributed by atoms with Crippen LogP contribution in [0.3, 0.4) is 0 Å². The van der Waals surface area contributed by atoms with Crippen molar-refractivity contribution in [3.05, 3.63) is 29.5 Å². The van der Waals surface area contributed by atoms with Crippen LogP contribution in [-0.4, -0.2) is 37.8 Å². The topological polar surface area (TPSA) is 79.6 Å². The fourth-order valence-electron chi connectivity index (χ4n) is 4.60. The lowest BCUT2D eigenvalue weighted by Crippen LogP contribution is -2.41. The number of piperidine rings is 1. The Labute approximate surface area is 172 Å². The quantitative estimate of drug-likeness (QED) is 0.806. The number of amides is 1. The Morgan fingerprint density at radius 2 is 1.83 bits per heavy atom. The van der Waals surface area contributed by atoms with Crippen molar-refractivity contribution in [2.45, 2.75) is 69.7 Å². The molecule has 2 atom stereocenters. The summed E-state index contributed by atoms with van der Waals surface area (Å²) in [6, 6.07) is 5.07. The smallest absolute Gasteiger partial charge is 0.287 e. The number of hydrogen-bond donors (Lipinski definition) is 1. The standard InChI is InChI=1S/C22H30N2O4S/c1-15-8-4-5-9-19(15)23-22(25)21-16(2)18-14-17(10-11-20(18)28-21)29(26,27)24-12-6-3-7-13-24/h10-11,14-15,19H,3-9,12-13H2,1-2H3,(H,23,25)/t15-,19+/m0/s1. The number of carbonyl (C=O) groups excluding carboxylic acids is 1. The molecule has 1 saturated carbocycles. The molecule has 1 saturated heterocycles. The van der Waals surface area contributed by atoms with Gasteiger partial charge in [0, 0.05) is 30.1 Å². The van der Waals surface area contributed by atoms with Crippen molar-refractivity contribution in [2.24, 2.45) is 5.92 Å². The highest BCUT2D eigenvalue weighted by Crippen LogP contribution is 2.30. The summed E-state index contributed by atoms with van der Waals surface area (Å²) in [5, 5.41) is 3.81. The van der Waals surface area contributed by atoms with Crippen molar-refractivity contribution < 1.29 is 17.6 Å². The first-order valence-electron chi connectivity index (χ1n) is 10.7. The molecule has 29 heavy (non-hydrogen) atoms. The van der Waals surface area contributed by atoms with Crippen LogP contribution in [0.15, 0.2) is 27.5 Å². The normalized spacial score (nSPS) is 23.9. The second-order valence-electron chi connectivity index (χ2n) is 8.52. The molecule has 2 aliphatic rings. The lowest BCUT2D eigenvalue weighted by molar-refractivity contribution is 0.0883. The number of fused-ring (bicyclic) bond motifs is 1. The van der Waals surface area contributed by atoms with Crippen LogP contribution in [0.2, 0.25) is 0 Å². The van der Waals surface area contributed by atoms with E-state index < -0.39 is 10.0 Å². The number of carbonyl (C=O) groups is 1. The molecule has 2 fully saturated rings. The molecule has 1 aliphatic heterocycles. The van der Waals surface area contributed by atoms with Gasteiger partial charge in [-0.15, -0.1) is 0 Å². The lowest BCUT2D eigenvalue weighted by Gasteiger charge is -2.29. The summed E-state index contributed by atoms with van der Waals surface area (Å²) in [4.78, 5) is 13.1. The summed E-state index contributed by atoms with van der Waals surface area (Å²) >= 11 is 0. The number of rotatable bonds is 4. The monoisotopic (exact) mass is 418 g/mol. The zero-order valence-corrected chi connectivity index (χ0v) is 18.1. The maximum atomic E-state index is 13.0. The molecule has 6 nitrogen and oxygen atoms in total. The molecule has 2 heterocycles. The van der Waals surface area contributed by atoms with Crippen LogP contribution in [0.1, 0.15) is 68.0 Å². The van der Waals surface area contributed by atoms with Gasteiger partial charge in [-0.05, 0) is 56.7 Å². The van der Waals surface area contributed by atoms with E-state index in [0.717, 1.165) is 38.5 Å². The predicted molar refractivity (Wildman–Crippen MR) is 112 cm³/mol. The van der Waals surface area contributed by atoms with Crippen molar-refractivity contribution >= 4 is 26.9 Å². The van der Waals surface area contributed by atoms with Gasteiger partial charge in [-0.2, -0.15) is 4.31 Å². The number of nitrogens with one attached hydrogen (secondary N) is 1. The summed E-state index contributed by atoms with van der Waals surface area (Å²) in [7, 11) is -3.52. The van der Waals surface area contributed by atoms with E-state index in [1.54, 1.807) is 22.5 Å². The third-order valence-corrected chi connectivity index (χ3v) is 8.39. The second-order valence-corrected chi connectivity index (χ2v) is 10.5. The molecule has 1 aromatic heterocycles. The van der Waals surface area contributed by atoms with Crippen LogP contribution in [0.5, 0.6) is 0 Å². The molecule has 1 amide bonds. The third-order valence-electron chi connectivity index (χ3n) is 6.49. The molecular formula is C22H30N2O4S. The molecule has 4 rings (SSSR count). The van der Waals surface area contributed by atoms with E-state index in [0.29, 0.717) is 35.5 Å². The van der Waals surface area contributed by atoms with E-state index in [1.807, 2.05) is 6.92 Å². The van der Waals surface area contributed by atoms with E-state index in [1.165, 1.54) is 6.42 Å². The molecule has 1 N–H and O–H groups in total. The number of furan rings is 1. The van der Waals surface area contributed by atoms with Gasteiger partial charge in [-0.3, -0.25) is 4.79 Å². The van der Waals surface area contributed by atoms with E-state index >= 15 is 0 Å². The van der Waals surface area contributed by atoms with Gasteiger partial charge in [0.25, 0.3) is 5.91 Å². The Bertz CT molecular complexity index is 1010. The minimum absolute atomic E-state index is 0.166. The Hall–Kier alpha value is -1.86. The van der Waals surface area contributed by atoms with Gasteiger partial charge in [0.1, 0.15) is 5.58 Å². The predicted octanol–water partition coefficient (Wildman–Crippen LogP) is 4.22. The zero-order valence-electron chi connectivity index (χ0n) is 17.2. The second kappa shape index (κ2) is 8.11. The molecule has 0 radical (unpaired) electrons. The number of nitrogens with zero attached hydrogens (tertiary/aromatic N) is 1. The highest BCUT2D eigenvalue weighted by atomic mass is 32.2. The first-order chi connectivity index (χ1) is 13.9. The molecule has 0 spiro atoms. The Morgan fingerprint density at radius 1 is 1.10 bits per heavy atom. The molecular weight excluding hydrogens is 388 g/mol. The van der Waals surface area contributed by atoms with Crippen molar-refractivity contribution in [3.63, 3.8) is 0 Å². The molecule has 2 aromatic rings. The number of sulfonamides is 1. The van der Waals surface area contributed by atoms with E-state index in [9.17, 15) is 13.2 Å². The summed E-state index contributed by atoms with van der Waals surface area (Å²) in [6.45, 7) is 5.13. The summed E-state index contributed by atoms with van der Waals surface area (Å²) in [5.41, 5.74) is 1.23. The van der Waals surface area contributed by atoms with Gasteiger partial charge >= 0.3 is 0 Å². The highest BCUT2D eigenvalue weighted by Gasteiger charge is 2.29. The molecule has 158 valence electrons. The fraction of sp³-hybridized carbons (Fsp3) is 0.591. The van der Waals surface area contributed by atoms with E-state index in [4.69, 9.17) is 4.42 Å². The first-order valence-corrected chi connectivity index (χ1v) is 12.2. The summed E-state index contributed by atoms with van der Waals surface area (Å²) in [5.74, 6) is 0.529. The largest absolute Gasteiger partial charge is 0.451 e. The Balaban J connectivity index is 1.61. The first kappa shape index (κ1) is 20.4. The van der Waals surface area contributed by atoms with Gasteiger partial charge < -0.3 is 9.73 Å². The SMILES string of the molecule is Cc1c(C(=O)N[C@@H]2CCCC[C@@H]2C)oc2ccc(S(=O)(=O)N3CCCCC3)cc12. The molecule has 0 bridgehead atoms. The van der Waals surface area contributed by atoms with Crippen molar-refractivity contribution in [3.8, 4) is 0 Å². The Kier molecular flexibility index (Phi) is 5.71. The van der Waals surface area contributed by atoms with Crippen LogP contribution >= 0.6 is 0 Å². The van der Waals surface area contributed by atoms with Crippen LogP contribution in [0.25, 0.3) is 11.0 Å². The number of hydrogen-bond acceptors (Lipinski definition) is 4. The van der Waals surface area contributed by atoms with Gasteiger partial charge in [0.15, 0.2) is 5.76 Å². The van der Waals surface area contributed by atoms with Gasteiger partial charge in [0.2, 0.25) is 10.0 Å². The van der Waals surface area contributed by atoms with E-state index in [2.05, 4.69) is 12.2 Å². The van der Waals surface area contributed by atoms with Crippen LogP contribution in [0.4, 0.5) is 0 Å². The van der Waals surface area contributed by atoms with Gasteiger partial charge in [0.05, 0.1) is 4.90 Å². The summed E-state index contributed by atoms with van der Waals surface area (Å²) < 4.78 is 33.4. The molecule has 7 heteroatoms. The third kappa shape index (κ3) is 3.94. The average Bonchev–Trinajstić information content (AvgIpc) is 3.06. The zero-order chi connectivity index (χ0) is 20.6. The van der Waals surface area contributed by atoms with Gasteiger partial charge in [-0.1, -0.05) is 26.2 Å². The molecule has 1 aliphatic carbocycles. The minimum atomic E-state index is -3.52. The van der Waals surface area contributed by atoms with Crippen LogP contribution < -0.4 is 5.32 Å². The molecule has 0 unspecified atom stereocenters. The summed E-state index contributed by atoms with van der Waals surface area (Å²) in [6.07, 6.45) is 7.33. The average molecular weight is 419 g/mol. The maximum absolute atomic E-state index is 13.0. The molecule has 1 aromatic carbocycles. The maximum Gasteiger partial charge on any atom is 0.287 e. The van der Waals surface area contributed by atoms with Crippen molar-refractivity contribution in [1.29, 1.82) is 0 Å². The highest BCUT2D eigenvalue weighted by molar-refractivity contribution is 7.89. The van der Waals surface area contributed by atoms with E-state index in [-0.39, 0.29) is 22.6 Å². The van der Waals surface area contributed by atoms with Crippen molar-refractivity contribution in [1.82, 2.24) is 9.62 Å². The van der Waals surface area contributed by atoms with Crippen LogP contribution in [0, 0.1) is 12.8 Å².